The van der Waals surface area contributed by atoms with Crippen LogP contribution in [0.1, 0.15) is 10.4 Å². The lowest BCUT2D eigenvalue weighted by molar-refractivity contribution is -0.384. The third-order valence-corrected chi connectivity index (χ3v) is 4.67. The zero-order valence-corrected chi connectivity index (χ0v) is 16.6. The molecule has 0 atom stereocenters. The van der Waals surface area contributed by atoms with Crippen LogP contribution in [0.3, 0.4) is 0 Å². The Kier molecular flexibility index (Phi) is 5.44. The van der Waals surface area contributed by atoms with Crippen molar-refractivity contribution in [1.29, 1.82) is 0 Å². The number of hydrogen-bond donors (Lipinski definition) is 1. The van der Waals surface area contributed by atoms with Gasteiger partial charge in [0.2, 0.25) is 0 Å². The molecule has 8 heteroatoms. The molecule has 0 saturated carbocycles. The molecule has 4 aromatic rings. The van der Waals surface area contributed by atoms with Crippen molar-refractivity contribution in [3.8, 4) is 22.7 Å². The summed E-state index contributed by atoms with van der Waals surface area (Å²) >= 11 is 0. The lowest BCUT2D eigenvalue weighted by Gasteiger charge is -2.10. The Morgan fingerprint density at radius 1 is 1.03 bits per heavy atom. The first kappa shape index (κ1) is 19.8. The van der Waals surface area contributed by atoms with Gasteiger partial charge in [0.15, 0.2) is 0 Å². The van der Waals surface area contributed by atoms with Crippen molar-refractivity contribution in [3.63, 3.8) is 0 Å². The number of para-hydroxylation sites is 1. The molecule has 8 nitrogen and oxygen atoms in total. The van der Waals surface area contributed by atoms with Crippen molar-refractivity contribution < 1.29 is 14.5 Å². The summed E-state index contributed by atoms with van der Waals surface area (Å²) in [6, 6.07) is 22.9. The third kappa shape index (κ3) is 4.13. The molecule has 0 saturated heterocycles. The average Bonchev–Trinajstić information content (AvgIpc) is 3.26. The fourth-order valence-electron chi connectivity index (χ4n) is 3.15. The summed E-state index contributed by atoms with van der Waals surface area (Å²) < 4.78 is 6.87. The van der Waals surface area contributed by atoms with E-state index >= 15 is 0 Å². The Morgan fingerprint density at radius 2 is 1.71 bits per heavy atom. The van der Waals surface area contributed by atoms with Gasteiger partial charge in [-0.2, -0.15) is 5.10 Å². The molecule has 0 spiro atoms. The van der Waals surface area contributed by atoms with Crippen molar-refractivity contribution in [3.05, 3.63) is 101 Å². The molecule has 0 aliphatic rings. The molecule has 0 aliphatic carbocycles. The van der Waals surface area contributed by atoms with Crippen LogP contribution < -0.4 is 10.1 Å². The number of carbonyl (C=O) groups is 1. The Morgan fingerprint density at radius 3 is 2.35 bits per heavy atom. The predicted molar refractivity (Wildman–Crippen MR) is 117 cm³/mol. The van der Waals surface area contributed by atoms with Crippen molar-refractivity contribution in [1.82, 2.24) is 9.78 Å². The van der Waals surface area contributed by atoms with Crippen LogP contribution in [0.25, 0.3) is 16.9 Å². The smallest absolute Gasteiger partial charge is 0.273 e. The monoisotopic (exact) mass is 414 g/mol. The van der Waals surface area contributed by atoms with Crippen LogP contribution in [0.2, 0.25) is 0 Å². The summed E-state index contributed by atoms with van der Waals surface area (Å²) in [6.07, 6.45) is 1.66. The van der Waals surface area contributed by atoms with Crippen LogP contribution in [-0.2, 0) is 0 Å². The molecular formula is C23H18N4O4. The second-order valence-corrected chi connectivity index (χ2v) is 6.63. The predicted octanol–water partition coefficient (Wildman–Crippen LogP) is 4.71. The number of nitro benzene ring substituents is 1. The molecule has 1 heterocycles. The zero-order chi connectivity index (χ0) is 21.8. The van der Waals surface area contributed by atoms with Gasteiger partial charge in [-0.1, -0.05) is 48.5 Å². The number of aromatic nitrogens is 2. The van der Waals surface area contributed by atoms with Gasteiger partial charge in [0.1, 0.15) is 11.4 Å². The topological polar surface area (TPSA) is 99.3 Å². The lowest BCUT2D eigenvalue weighted by Crippen LogP contribution is -2.13. The minimum atomic E-state index is -0.522. The Balaban J connectivity index is 1.74. The summed E-state index contributed by atoms with van der Waals surface area (Å²) in [4.78, 5) is 23.7. The third-order valence-electron chi connectivity index (χ3n) is 4.67. The molecule has 4 rings (SSSR count). The average molecular weight is 414 g/mol. The number of carbonyl (C=O) groups excluding carboxylic acids is 1. The van der Waals surface area contributed by atoms with Gasteiger partial charge >= 0.3 is 0 Å². The van der Waals surface area contributed by atoms with Gasteiger partial charge in [-0.25, -0.2) is 4.68 Å². The normalized spacial score (nSPS) is 10.5. The minimum Gasteiger partial charge on any atom is -0.494 e. The SMILES string of the molecule is COc1cc([N+](=O)[O-])ccc1NC(=O)c1cn(-c2ccccc2)nc1-c1ccccc1. The summed E-state index contributed by atoms with van der Waals surface area (Å²) in [5.41, 5.74) is 2.67. The molecule has 1 N–H and O–H groups in total. The van der Waals surface area contributed by atoms with Crippen molar-refractivity contribution in [2.45, 2.75) is 0 Å². The number of nitro groups is 1. The van der Waals surface area contributed by atoms with E-state index in [9.17, 15) is 14.9 Å². The van der Waals surface area contributed by atoms with Gasteiger partial charge in [-0.3, -0.25) is 14.9 Å². The minimum absolute atomic E-state index is 0.128. The van der Waals surface area contributed by atoms with Crippen LogP contribution >= 0.6 is 0 Å². The van der Waals surface area contributed by atoms with E-state index in [0.717, 1.165) is 11.3 Å². The van der Waals surface area contributed by atoms with Crippen molar-refractivity contribution in [2.75, 3.05) is 12.4 Å². The van der Waals surface area contributed by atoms with Crippen molar-refractivity contribution in [2.24, 2.45) is 0 Å². The van der Waals surface area contributed by atoms with Crippen LogP contribution in [-0.4, -0.2) is 27.7 Å². The Hall–Kier alpha value is -4.46. The van der Waals surface area contributed by atoms with Gasteiger partial charge in [-0.05, 0) is 18.2 Å². The van der Waals surface area contributed by atoms with E-state index in [1.54, 1.807) is 10.9 Å². The molecule has 0 bridgehead atoms. The fraction of sp³-hybridized carbons (Fsp3) is 0.0435. The highest BCUT2D eigenvalue weighted by atomic mass is 16.6. The van der Waals surface area contributed by atoms with E-state index < -0.39 is 10.8 Å². The maximum Gasteiger partial charge on any atom is 0.273 e. The highest BCUT2D eigenvalue weighted by molar-refractivity contribution is 6.08. The lowest BCUT2D eigenvalue weighted by atomic mass is 10.1. The van der Waals surface area contributed by atoms with Gasteiger partial charge in [0.25, 0.3) is 11.6 Å². The van der Waals surface area contributed by atoms with E-state index in [1.165, 1.54) is 25.3 Å². The standard InChI is InChI=1S/C23H18N4O4/c1-31-21-14-18(27(29)30)12-13-20(21)24-23(28)19-15-26(17-10-6-3-7-11-17)25-22(19)16-8-4-2-5-9-16/h2-15H,1H3,(H,24,28). The Labute approximate surface area is 177 Å². The number of nitrogens with one attached hydrogen (secondary N) is 1. The first-order valence-electron chi connectivity index (χ1n) is 9.41. The Bertz CT molecular complexity index is 1240. The number of benzene rings is 3. The fourth-order valence-corrected chi connectivity index (χ4v) is 3.15. The number of methoxy groups -OCH3 is 1. The highest BCUT2D eigenvalue weighted by Gasteiger charge is 2.21. The molecular weight excluding hydrogens is 396 g/mol. The van der Waals surface area contributed by atoms with Gasteiger partial charge in [0, 0.05) is 17.8 Å². The summed E-state index contributed by atoms with van der Waals surface area (Å²) in [5.74, 6) is -0.215. The van der Waals surface area contributed by atoms with E-state index in [2.05, 4.69) is 10.4 Å². The molecule has 0 unspecified atom stereocenters. The molecule has 3 aromatic carbocycles. The number of anilines is 1. The quantitative estimate of drug-likeness (QED) is 0.364. The van der Waals surface area contributed by atoms with Crippen LogP contribution in [0.4, 0.5) is 11.4 Å². The first-order chi connectivity index (χ1) is 15.1. The molecule has 1 amide bonds. The zero-order valence-electron chi connectivity index (χ0n) is 16.6. The van der Waals surface area contributed by atoms with Crippen LogP contribution in [0.5, 0.6) is 5.75 Å². The van der Waals surface area contributed by atoms with E-state index in [-0.39, 0.29) is 11.4 Å². The van der Waals surface area contributed by atoms with Gasteiger partial charge in [-0.15, -0.1) is 0 Å². The van der Waals surface area contributed by atoms with E-state index in [1.807, 2.05) is 60.7 Å². The highest BCUT2D eigenvalue weighted by Crippen LogP contribution is 2.31. The van der Waals surface area contributed by atoms with Crippen molar-refractivity contribution >= 4 is 17.3 Å². The summed E-state index contributed by atoms with van der Waals surface area (Å²) in [6.45, 7) is 0. The number of rotatable bonds is 6. The number of ether oxygens (including phenoxy) is 1. The number of hydrogen-bond acceptors (Lipinski definition) is 5. The maximum atomic E-state index is 13.2. The molecule has 31 heavy (non-hydrogen) atoms. The molecule has 0 fully saturated rings. The number of nitrogens with zero attached hydrogens (tertiary/aromatic N) is 3. The van der Waals surface area contributed by atoms with Crippen LogP contribution in [0.15, 0.2) is 85.1 Å². The number of amides is 1. The second-order valence-electron chi connectivity index (χ2n) is 6.63. The van der Waals surface area contributed by atoms with Gasteiger partial charge in [0.05, 0.1) is 35.0 Å². The van der Waals surface area contributed by atoms with Gasteiger partial charge < -0.3 is 10.1 Å². The first-order valence-corrected chi connectivity index (χ1v) is 9.41. The molecule has 0 radical (unpaired) electrons. The van der Waals surface area contributed by atoms with Crippen LogP contribution in [0, 0.1) is 10.1 Å². The molecule has 1 aromatic heterocycles. The molecule has 0 aliphatic heterocycles. The van der Waals surface area contributed by atoms with E-state index in [4.69, 9.17) is 4.74 Å². The molecule has 154 valence electrons. The maximum absolute atomic E-state index is 13.2. The number of non-ortho nitro benzene ring substituents is 1. The largest absolute Gasteiger partial charge is 0.494 e. The summed E-state index contributed by atoms with van der Waals surface area (Å²) in [7, 11) is 1.39. The van der Waals surface area contributed by atoms with E-state index in [0.29, 0.717) is 16.9 Å². The summed E-state index contributed by atoms with van der Waals surface area (Å²) in [5, 5.41) is 18.4. The second kappa shape index (κ2) is 8.50.